The highest BCUT2D eigenvalue weighted by Crippen LogP contribution is 2.37. The number of carbonyl (C=O) groups is 1. The van der Waals surface area contributed by atoms with E-state index in [1.165, 1.54) is 29.9 Å². The maximum Gasteiger partial charge on any atom is 0.277 e. The summed E-state index contributed by atoms with van der Waals surface area (Å²) in [6.45, 7) is 4.12. The third-order valence-corrected chi connectivity index (χ3v) is 6.23. The van der Waals surface area contributed by atoms with Crippen LogP contribution < -0.4 is 0 Å². The molecule has 0 bridgehead atoms. The average Bonchev–Trinajstić information content (AvgIpc) is 2.74. The van der Waals surface area contributed by atoms with E-state index in [-0.39, 0.29) is 17.6 Å². The number of hydroxylamine groups is 2. The monoisotopic (exact) mass is 409 g/mol. The normalized spacial score (nSPS) is 11.9. The maximum absolute atomic E-state index is 13.3. The van der Waals surface area contributed by atoms with Crippen LogP contribution in [0.25, 0.3) is 0 Å². The number of aryl methyl sites for hydroxylation is 1. The topological polar surface area (TPSA) is 29.5 Å². The Balaban J connectivity index is 1.88. The molecule has 0 saturated carbocycles. The van der Waals surface area contributed by atoms with Crippen molar-refractivity contribution in [2.75, 3.05) is 14.2 Å². The van der Waals surface area contributed by atoms with Crippen molar-refractivity contribution in [3.8, 4) is 0 Å². The number of carbonyl (C=O) groups excluding carboxylic acids is 1. The van der Waals surface area contributed by atoms with Gasteiger partial charge in [0.25, 0.3) is 5.91 Å². The lowest BCUT2D eigenvalue weighted by Crippen LogP contribution is -2.25. The molecular weight excluding hydrogens is 385 g/mol. The lowest BCUT2D eigenvalue weighted by Gasteiger charge is -2.18. The van der Waals surface area contributed by atoms with Crippen LogP contribution in [0.2, 0.25) is 0 Å². The molecule has 0 fully saturated rings. The minimum atomic E-state index is -0.229. The van der Waals surface area contributed by atoms with Crippen LogP contribution in [0.3, 0.4) is 0 Å². The Labute approximate surface area is 175 Å². The van der Waals surface area contributed by atoms with Gasteiger partial charge in [-0.2, -0.15) is 0 Å². The molecule has 29 heavy (non-hydrogen) atoms. The summed E-state index contributed by atoms with van der Waals surface area (Å²) in [4.78, 5) is 19.5. The molecule has 3 rings (SSSR count). The molecule has 0 aliphatic heterocycles. The van der Waals surface area contributed by atoms with E-state index in [0.29, 0.717) is 5.56 Å². The number of hydrogen-bond acceptors (Lipinski definition) is 3. The van der Waals surface area contributed by atoms with Gasteiger partial charge in [0, 0.05) is 28.3 Å². The smallest absolute Gasteiger partial charge is 0.274 e. The van der Waals surface area contributed by atoms with Crippen LogP contribution in [0.15, 0.2) is 76.5 Å². The number of hydrogen-bond donors (Lipinski definition) is 0. The lowest BCUT2D eigenvalue weighted by atomic mass is 9.93. The molecule has 0 heterocycles. The Morgan fingerprint density at radius 3 is 2.38 bits per heavy atom. The fourth-order valence-electron chi connectivity index (χ4n) is 3.14. The fourth-order valence-corrected chi connectivity index (χ4v) is 4.24. The molecule has 3 aromatic rings. The molecule has 1 unspecified atom stereocenters. The SMILES string of the molecule is CON(C)C(=O)c1ccc(Sc2ccccc2C(C)c2ccc(F)cc2)c(C)c1. The van der Waals surface area contributed by atoms with E-state index < -0.39 is 0 Å². The zero-order valence-corrected chi connectivity index (χ0v) is 17.8. The van der Waals surface area contributed by atoms with Crippen LogP contribution in [-0.4, -0.2) is 25.1 Å². The van der Waals surface area contributed by atoms with Gasteiger partial charge >= 0.3 is 0 Å². The van der Waals surface area contributed by atoms with Gasteiger partial charge in [-0.3, -0.25) is 9.63 Å². The molecule has 0 spiro atoms. The second kappa shape index (κ2) is 9.25. The van der Waals surface area contributed by atoms with Crippen LogP contribution in [0.5, 0.6) is 0 Å². The molecule has 5 heteroatoms. The molecule has 3 nitrogen and oxygen atoms in total. The Bertz CT molecular complexity index is 1000. The van der Waals surface area contributed by atoms with E-state index in [1.54, 1.807) is 18.8 Å². The minimum absolute atomic E-state index is 0.135. The van der Waals surface area contributed by atoms with Gasteiger partial charge < -0.3 is 0 Å². The van der Waals surface area contributed by atoms with Gasteiger partial charge in [0.2, 0.25) is 0 Å². The van der Waals surface area contributed by atoms with Crippen molar-refractivity contribution < 1.29 is 14.0 Å². The predicted octanol–water partition coefficient (Wildman–Crippen LogP) is 6.07. The molecule has 3 aromatic carbocycles. The highest BCUT2D eigenvalue weighted by molar-refractivity contribution is 7.99. The summed E-state index contributed by atoms with van der Waals surface area (Å²) in [5.41, 5.74) is 3.86. The first-order valence-corrected chi connectivity index (χ1v) is 10.2. The van der Waals surface area contributed by atoms with E-state index in [4.69, 9.17) is 4.84 Å². The third kappa shape index (κ3) is 4.86. The van der Waals surface area contributed by atoms with Crippen molar-refractivity contribution in [3.63, 3.8) is 0 Å². The Morgan fingerprint density at radius 1 is 1.03 bits per heavy atom. The largest absolute Gasteiger partial charge is 0.277 e. The second-order valence-corrected chi connectivity index (χ2v) is 7.96. The van der Waals surface area contributed by atoms with Gasteiger partial charge in [-0.1, -0.05) is 49.0 Å². The summed E-state index contributed by atoms with van der Waals surface area (Å²) in [7, 11) is 3.06. The quantitative estimate of drug-likeness (QED) is 0.463. The number of halogens is 1. The van der Waals surface area contributed by atoms with Crippen LogP contribution in [0, 0.1) is 12.7 Å². The highest BCUT2D eigenvalue weighted by atomic mass is 32.2. The summed E-state index contributed by atoms with van der Waals surface area (Å²) >= 11 is 1.67. The Kier molecular flexibility index (Phi) is 6.72. The highest BCUT2D eigenvalue weighted by Gasteiger charge is 2.16. The molecule has 0 aliphatic carbocycles. The molecule has 0 radical (unpaired) electrons. The average molecular weight is 410 g/mol. The summed E-state index contributed by atoms with van der Waals surface area (Å²) < 4.78 is 13.3. The first kappa shape index (κ1) is 21.1. The standard InChI is InChI=1S/C24H24FNO2S/c1-16-15-19(24(27)26(3)28-4)11-14-22(16)29-23-8-6-5-7-21(23)17(2)18-9-12-20(25)13-10-18/h5-15,17H,1-4H3. The first-order chi connectivity index (χ1) is 13.9. The van der Waals surface area contributed by atoms with Gasteiger partial charge in [-0.05, 0) is 60.0 Å². The summed E-state index contributed by atoms with van der Waals surface area (Å²) in [6, 6.07) is 20.6. The molecule has 150 valence electrons. The van der Waals surface area contributed by atoms with E-state index in [2.05, 4.69) is 19.1 Å². The van der Waals surface area contributed by atoms with Gasteiger partial charge in [0.15, 0.2) is 0 Å². The van der Waals surface area contributed by atoms with Crippen LogP contribution in [-0.2, 0) is 4.84 Å². The van der Waals surface area contributed by atoms with Gasteiger partial charge in [0.1, 0.15) is 5.82 Å². The third-order valence-electron chi connectivity index (χ3n) is 4.96. The zero-order chi connectivity index (χ0) is 21.0. The molecule has 0 N–H and O–H groups in total. The van der Waals surface area contributed by atoms with Crippen molar-refractivity contribution in [1.29, 1.82) is 0 Å². The lowest BCUT2D eigenvalue weighted by molar-refractivity contribution is -0.0757. The van der Waals surface area contributed by atoms with Crippen molar-refractivity contribution >= 4 is 17.7 Å². The van der Waals surface area contributed by atoms with Gasteiger partial charge in [0.05, 0.1) is 7.11 Å². The maximum atomic E-state index is 13.3. The second-order valence-electron chi connectivity index (χ2n) is 6.88. The van der Waals surface area contributed by atoms with Gasteiger partial charge in [-0.15, -0.1) is 0 Å². The van der Waals surface area contributed by atoms with Crippen molar-refractivity contribution in [1.82, 2.24) is 5.06 Å². The molecule has 0 aromatic heterocycles. The number of benzene rings is 3. The Morgan fingerprint density at radius 2 is 1.72 bits per heavy atom. The molecular formula is C24H24FNO2S. The van der Waals surface area contributed by atoms with Crippen LogP contribution >= 0.6 is 11.8 Å². The molecule has 1 amide bonds. The fraction of sp³-hybridized carbons (Fsp3) is 0.208. The van der Waals surface area contributed by atoms with E-state index in [0.717, 1.165) is 20.9 Å². The minimum Gasteiger partial charge on any atom is -0.274 e. The number of amides is 1. The number of nitrogens with zero attached hydrogens (tertiary/aromatic N) is 1. The molecule has 1 atom stereocenters. The summed E-state index contributed by atoms with van der Waals surface area (Å²) in [6.07, 6.45) is 0. The van der Waals surface area contributed by atoms with Crippen molar-refractivity contribution in [3.05, 3.63) is 94.8 Å². The van der Waals surface area contributed by atoms with Gasteiger partial charge in [-0.25, -0.2) is 9.45 Å². The van der Waals surface area contributed by atoms with Crippen LogP contribution in [0.4, 0.5) is 4.39 Å². The number of rotatable bonds is 6. The predicted molar refractivity (Wildman–Crippen MR) is 115 cm³/mol. The molecule has 0 aliphatic rings. The van der Waals surface area contributed by atoms with E-state index in [1.807, 2.05) is 49.4 Å². The first-order valence-electron chi connectivity index (χ1n) is 9.35. The molecule has 0 saturated heterocycles. The van der Waals surface area contributed by atoms with Crippen LogP contribution in [0.1, 0.15) is 39.9 Å². The Hall–Kier alpha value is -2.63. The van der Waals surface area contributed by atoms with Crippen molar-refractivity contribution in [2.24, 2.45) is 0 Å². The van der Waals surface area contributed by atoms with Crippen molar-refractivity contribution in [2.45, 2.75) is 29.6 Å². The summed E-state index contributed by atoms with van der Waals surface area (Å²) in [5.74, 6) is -0.277. The van der Waals surface area contributed by atoms with E-state index in [9.17, 15) is 9.18 Å². The van der Waals surface area contributed by atoms with E-state index >= 15 is 0 Å². The zero-order valence-electron chi connectivity index (χ0n) is 17.0. The summed E-state index contributed by atoms with van der Waals surface area (Å²) in [5, 5.41) is 1.21.